The molecule has 1 aromatic heterocycles. The van der Waals surface area contributed by atoms with Gasteiger partial charge in [0.05, 0.1) is 5.69 Å². The first-order chi connectivity index (χ1) is 18.9. The van der Waals surface area contributed by atoms with Crippen LogP contribution >= 0.6 is 0 Å². The molecule has 1 aliphatic rings. The van der Waals surface area contributed by atoms with Gasteiger partial charge in [0.15, 0.2) is 17.5 Å². The van der Waals surface area contributed by atoms with Crippen molar-refractivity contribution >= 4 is 11.9 Å². The molecule has 1 saturated heterocycles. The van der Waals surface area contributed by atoms with Gasteiger partial charge in [0, 0.05) is 18.2 Å². The maximum atomic E-state index is 14.6. The number of anilines is 1. The van der Waals surface area contributed by atoms with E-state index in [1.165, 1.54) is 12.1 Å². The molecule has 0 radical (unpaired) electrons. The number of piperidine rings is 1. The van der Waals surface area contributed by atoms with E-state index >= 15 is 0 Å². The molecule has 0 aliphatic carbocycles. The number of amides is 1. The molecule has 4 aromatic rings. The van der Waals surface area contributed by atoms with Gasteiger partial charge in [-0.25, -0.2) is 22.4 Å². The molecule has 10 heteroatoms. The minimum absolute atomic E-state index is 0.0377. The fourth-order valence-corrected chi connectivity index (χ4v) is 4.66. The van der Waals surface area contributed by atoms with Gasteiger partial charge in [-0.15, -0.1) is 10.2 Å². The van der Waals surface area contributed by atoms with E-state index in [0.717, 1.165) is 11.6 Å². The lowest BCUT2D eigenvalue weighted by Crippen LogP contribution is -2.53. The van der Waals surface area contributed by atoms with Crippen molar-refractivity contribution in [1.29, 1.82) is 0 Å². The van der Waals surface area contributed by atoms with Gasteiger partial charge in [-0.3, -0.25) is 0 Å². The summed E-state index contributed by atoms with van der Waals surface area (Å²) in [5.74, 6) is -3.66. The zero-order valence-corrected chi connectivity index (χ0v) is 20.7. The molecule has 0 spiro atoms. The largest absolute Gasteiger partial charge is 0.445 e. The molecular formula is C29H24F4N4O2. The van der Waals surface area contributed by atoms with Crippen molar-refractivity contribution in [2.75, 3.05) is 11.4 Å². The van der Waals surface area contributed by atoms with Gasteiger partial charge >= 0.3 is 6.09 Å². The number of nitrogens with zero attached hydrogens (tertiary/aromatic N) is 3. The number of nitrogens with one attached hydrogen (secondary N) is 1. The summed E-state index contributed by atoms with van der Waals surface area (Å²) in [7, 11) is 0. The summed E-state index contributed by atoms with van der Waals surface area (Å²) in [5, 5.41) is 11.3. The summed E-state index contributed by atoms with van der Waals surface area (Å²) in [6, 6.07) is 19.8. The Morgan fingerprint density at radius 1 is 0.897 bits per heavy atom. The van der Waals surface area contributed by atoms with Crippen LogP contribution in [0.15, 0.2) is 78.9 Å². The maximum Gasteiger partial charge on any atom is 0.409 e. The number of aromatic nitrogens is 2. The van der Waals surface area contributed by atoms with Crippen molar-refractivity contribution in [3.8, 4) is 11.3 Å². The summed E-state index contributed by atoms with van der Waals surface area (Å²) in [6.45, 7) is 0.365. The summed E-state index contributed by atoms with van der Waals surface area (Å²) < 4.78 is 60.7. The smallest absolute Gasteiger partial charge is 0.409 e. The number of alkyl carbamates (subject to hydrolysis) is 1. The number of hydrogen-bond donors (Lipinski definition) is 1. The fraction of sp³-hybridized carbons (Fsp3) is 0.207. The van der Waals surface area contributed by atoms with Crippen LogP contribution in [0.1, 0.15) is 29.9 Å². The minimum atomic E-state index is -1.26. The lowest BCUT2D eigenvalue weighted by atomic mass is 9.87. The van der Waals surface area contributed by atoms with E-state index in [-0.39, 0.29) is 24.4 Å². The van der Waals surface area contributed by atoms with Crippen LogP contribution in [-0.2, 0) is 11.3 Å². The molecule has 39 heavy (non-hydrogen) atoms. The van der Waals surface area contributed by atoms with Gasteiger partial charge in [0.1, 0.15) is 24.4 Å². The van der Waals surface area contributed by atoms with E-state index in [9.17, 15) is 22.4 Å². The zero-order chi connectivity index (χ0) is 27.4. The van der Waals surface area contributed by atoms with E-state index < -0.39 is 35.6 Å². The van der Waals surface area contributed by atoms with Crippen molar-refractivity contribution < 1.29 is 27.1 Å². The molecule has 1 aliphatic heterocycles. The average molecular weight is 537 g/mol. The molecule has 6 nitrogen and oxygen atoms in total. The Balaban J connectivity index is 1.36. The Bertz CT molecular complexity index is 1440. The van der Waals surface area contributed by atoms with E-state index in [4.69, 9.17) is 4.74 Å². The van der Waals surface area contributed by atoms with E-state index in [1.54, 1.807) is 29.2 Å². The van der Waals surface area contributed by atoms with Crippen molar-refractivity contribution in [2.45, 2.75) is 31.5 Å². The van der Waals surface area contributed by atoms with E-state index in [1.807, 2.05) is 30.3 Å². The maximum absolute atomic E-state index is 14.6. The van der Waals surface area contributed by atoms with Crippen molar-refractivity contribution in [3.05, 3.63) is 113 Å². The lowest BCUT2D eigenvalue weighted by molar-refractivity contribution is 0.133. The van der Waals surface area contributed by atoms with Crippen LogP contribution in [0.3, 0.4) is 0 Å². The molecule has 5 rings (SSSR count). The second kappa shape index (κ2) is 11.5. The second-order valence-corrected chi connectivity index (χ2v) is 9.21. The van der Waals surface area contributed by atoms with Crippen LogP contribution in [0.25, 0.3) is 11.3 Å². The standard InChI is InChI=1S/C29H24F4N4O2/c30-21-8-6-19(7-9-21)26-10-11-27(36-35-26)37-13-12-20(22-15-24(32)25(33)16-23(22)31)14-28(37)34-29(38)39-17-18-4-2-1-3-5-18/h1-11,15-16,20,28H,12-14,17H2,(H,34,38)/t20-,28?/m1/s1. The monoisotopic (exact) mass is 536 g/mol. The topological polar surface area (TPSA) is 67.4 Å². The molecule has 1 N–H and O–H groups in total. The average Bonchev–Trinajstić information content (AvgIpc) is 2.95. The highest BCUT2D eigenvalue weighted by molar-refractivity contribution is 5.68. The van der Waals surface area contributed by atoms with Gasteiger partial charge in [0.25, 0.3) is 0 Å². The van der Waals surface area contributed by atoms with Crippen molar-refractivity contribution in [2.24, 2.45) is 0 Å². The molecule has 1 fully saturated rings. The Hall–Kier alpha value is -4.47. The summed E-state index contributed by atoms with van der Waals surface area (Å²) >= 11 is 0. The normalized spacial score (nSPS) is 17.1. The fourth-order valence-electron chi connectivity index (χ4n) is 4.66. The lowest BCUT2D eigenvalue weighted by Gasteiger charge is -2.40. The molecule has 1 unspecified atom stereocenters. The molecule has 2 atom stereocenters. The summed E-state index contributed by atoms with van der Waals surface area (Å²) in [6.07, 6.45) is -0.827. The first kappa shape index (κ1) is 26.1. The van der Waals surface area contributed by atoms with Crippen LogP contribution in [-0.4, -0.2) is 29.0 Å². The molecule has 0 saturated carbocycles. The Morgan fingerprint density at radius 2 is 1.64 bits per heavy atom. The number of hydrogen-bond acceptors (Lipinski definition) is 5. The number of benzene rings is 3. The highest BCUT2D eigenvalue weighted by atomic mass is 19.2. The SMILES string of the molecule is O=C(NC1C[C@H](c2cc(F)c(F)cc2F)CCN1c1ccc(-c2ccc(F)cc2)nn1)OCc1ccccc1. The highest BCUT2D eigenvalue weighted by Crippen LogP contribution is 2.35. The first-order valence-corrected chi connectivity index (χ1v) is 12.4. The molecule has 3 aromatic carbocycles. The van der Waals surface area contributed by atoms with Crippen molar-refractivity contribution in [3.63, 3.8) is 0 Å². The van der Waals surface area contributed by atoms with E-state index in [2.05, 4.69) is 15.5 Å². The third-order valence-electron chi connectivity index (χ3n) is 6.66. The minimum Gasteiger partial charge on any atom is -0.445 e. The molecular weight excluding hydrogens is 512 g/mol. The van der Waals surface area contributed by atoms with Gasteiger partial charge in [-0.05, 0) is 72.4 Å². The van der Waals surface area contributed by atoms with E-state index in [0.29, 0.717) is 36.1 Å². The Labute approximate surface area is 222 Å². The third-order valence-corrected chi connectivity index (χ3v) is 6.66. The van der Waals surface area contributed by atoms with Crippen LogP contribution in [0, 0.1) is 23.3 Å². The highest BCUT2D eigenvalue weighted by Gasteiger charge is 2.33. The van der Waals surface area contributed by atoms with Crippen molar-refractivity contribution in [1.82, 2.24) is 15.5 Å². The number of carbonyl (C=O) groups excluding carboxylic acids is 1. The van der Waals surface area contributed by atoms with Gasteiger partial charge in [0.2, 0.25) is 0 Å². The number of halogens is 4. The predicted octanol–water partition coefficient (Wildman–Crippen LogP) is 6.34. The number of rotatable bonds is 6. The predicted molar refractivity (Wildman–Crippen MR) is 137 cm³/mol. The number of ether oxygens (including phenoxy) is 1. The summed E-state index contributed by atoms with van der Waals surface area (Å²) in [4.78, 5) is 14.5. The second-order valence-electron chi connectivity index (χ2n) is 9.21. The van der Waals surface area contributed by atoms with Crippen LogP contribution in [0.2, 0.25) is 0 Å². The molecule has 1 amide bonds. The summed E-state index contributed by atoms with van der Waals surface area (Å²) in [5.41, 5.74) is 2.05. The van der Waals surface area contributed by atoms with Crippen LogP contribution in [0.4, 0.5) is 28.2 Å². The third kappa shape index (κ3) is 6.17. The van der Waals surface area contributed by atoms with Gasteiger partial charge in [-0.1, -0.05) is 30.3 Å². The molecule has 2 heterocycles. The Morgan fingerprint density at radius 3 is 2.36 bits per heavy atom. The van der Waals surface area contributed by atoms with Crippen LogP contribution in [0.5, 0.6) is 0 Å². The van der Waals surface area contributed by atoms with Crippen LogP contribution < -0.4 is 10.2 Å². The number of carbonyl (C=O) groups is 1. The van der Waals surface area contributed by atoms with Gasteiger partial charge in [-0.2, -0.15) is 0 Å². The molecule has 0 bridgehead atoms. The van der Waals surface area contributed by atoms with Gasteiger partial charge < -0.3 is 15.0 Å². The zero-order valence-electron chi connectivity index (χ0n) is 20.7. The quantitative estimate of drug-likeness (QED) is 0.230. The first-order valence-electron chi connectivity index (χ1n) is 12.4. The Kier molecular flexibility index (Phi) is 7.72. The molecule has 200 valence electrons.